The monoisotopic (exact) mass is 208 g/mol. The van der Waals surface area contributed by atoms with Crippen LogP contribution in [-0.4, -0.2) is 23.8 Å². The summed E-state index contributed by atoms with van der Waals surface area (Å²) < 4.78 is 5.16. The van der Waals surface area contributed by atoms with Crippen molar-refractivity contribution in [2.45, 2.75) is 20.0 Å². The summed E-state index contributed by atoms with van der Waals surface area (Å²) in [5.41, 5.74) is 0.511. The topological polar surface area (TPSA) is 46.5 Å². The Bertz CT molecular complexity index is 306. The van der Waals surface area contributed by atoms with Crippen LogP contribution < -0.4 is 0 Å². The number of rotatable bonds is 4. The second-order valence-corrected chi connectivity index (χ2v) is 3.74. The molecular formula is C12H16O3. The van der Waals surface area contributed by atoms with Gasteiger partial charge in [0.15, 0.2) is 0 Å². The highest BCUT2D eigenvalue weighted by atomic mass is 16.6. The van der Waals surface area contributed by atoms with Gasteiger partial charge in [-0.1, -0.05) is 32.0 Å². The maximum Gasteiger partial charge on any atom is 0.338 e. The van der Waals surface area contributed by atoms with Crippen LogP contribution in [-0.2, 0) is 4.74 Å². The van der Waals surface area contributed by atoms with E-state index in [1.807, 2.05) is 19.9 Å². The predicted octanol–water partition coefficient (Wildman–Crippen LogP) is 1.86. The first-order valence-electron chi connectivity index (χ1n) is 5.02. The highest BCUT2D eigenvalue weighted by Gasteiger charge is 2.17. The van der Waals surface area contributed by atoms with E-state index >= 15 is 0 Å². The molecule has 82 valence electrons. The predicted molar refractivity (Wildman–Crippen MR) is 57.6 cm³/mol. The zero-order valence-corrected chi connectivity index (χ0v) is 9.01. The summed E-state index contributed by atoms with van der Waals surface area (Å²) in [6, 6.07) is 8.77. The lowest BCUT2D eigenvalue weighted by Crippen LogP contribution is -2.27. The van der Waals surface area contributed by atoms with Crippen LogP contribution >= 0.6 is 0 Å². The summed E-state index contributed by atoms with van der Waals surface area (Å²) in [7, 11) is 0. The summed E-state index contributed by atoms with van der Waals surface area (Å²) >= 11 is 0. The minimum Gasteiger partial charge on any atom is -0.456 e. The third-order valence-corrected chi connectivity index (χ3v) is 2.19. The van der Waals surface area contributed by atoms with E-state index in [4.69, 9.17) is 9.84 Å². The van der Waals surface area contributed by atoms with Crippen molar-refractivity contribution in [1.82, 2.24) is 0 Å². The van der Waals surface area contributed by atoms with E-state index in [-0.39, 0.29) is 18.5 Å². The van der Waals surface area contributed by atoms with Crippen molar-refractivity contribution in [3.05, 3.63) is 35.9 Å². The first kappa shape index (κ1) is 11.7. The molecule has 0 aromatic heterocycles. The van der Waals surface area contributed by atoms with E-state index < -0.39 is 6.10 Å². The Kier molecular flexibility index (Phi) is 4.31. The number of aliphatic hydroxyl groups is 1. The Labute approximate surface area is 89.7 Å². The molecule has 0 heterocycles. The van der Waals surface area contributed by atoms with Crippen molar-refractivity contribution >= 4 is 5.97 Å². The molecule has 3 heteroatoms. The summed E-state index contributed by atoms with van der Waals surface area (Å²) in [6.07, 6.45) is -0.433. The van der Waals surface area contributed by atoms with E-state index in [1.54, 1.807) is 24.3 Å². The third-order valence-electron chi connectivity index (χ3n) is 2.19. The Balaban J connectivity index is 2.63. The van der Waals surface area contributed by atoms with Crippen molar-refractivity contribution in [2.24, 2.45) is 5.92 Å². The van der Waals surface area contributed by atoms with Crippen LogP contribution in [0.5, 0.6) is 0 Å². The van der Waals surface area contributed by atoms with Crippen molar-refractivity contribution in [1.29, 1.82) is 0 Å². The fourth-order valence-electron chi connectivity index (χ4n) is 1.16. The van der Waals surface area contributed by atoms with Gasteiger partial charge in [-0.25, -0.2) is 4.79 Å². The van der Waals surface area contributed by atoms with Gasteiger partial charge in [-0.3, -0.25) is 0 Å². The van der Waals surface area contributed by atoms with Gasteiger partial charge in [0.25, 0.3) is 0 Å². The van der Waals surface area contributed by atoms with Crippen LogP contribution in [0.4, 0.5) is 0 Å². The van der Waals surface area contributed by atoms with E-state index in [0.29, 0.717) is 5.56 Å². The number of esters is 1. The molecule has 0 spiro atoms. The molecular weight excluding hydrogens is 192 g/mol. The van der Waals surface area contributed by atoms with Gasteiger partial charge in [-0.05, 0) is 18.1 Å². The molecule has 1 atom stereocenters. The van der Waals surface area contributed by atoms with Crippen LogP contribution in [0.1, 0.15) is 24.2 Å². The number of hydrogen-bond donors (Lipinski definition) is 1. The second kappa shape index (κ2) is 5.51. The molecule has 0 aliphatic rings. The molecule has 0 aliphatic carbocycles. The molecule has 0 aliphatic heterocycles. The molecule has 1 aromatic carbocycles. The average Bonchev–Trinajstić information content (AvgIpc) is 2.26. The Morgan fingerprint density at radius 1 is 1.33 bits per heavy atom. The summed E-state index contributed by atoms with van der Waals surface area (Å²) in [5, 5.41) is 9.02. The maximum absolute atomic E-state index is 11.6. The lowest BCUT2D eigenvalue weighted by atomic mass is 10.1. The van der Waals surface area contributed by atoms with Crippen molar-refractivity contribution in [3.8, 4) is 0 Å². The minimum absolute atomic E-state index is 0.114. The third kappa shape index (κ3) is 3.36. The van der Waals surface area contributed by atoms with Crippen LogP contribution in [0.15, 0.2) is 30.3 Å². The number of benzene rings is 1. The van der Waals surface area contributed by atoms with Gasteiger partial charge in [-0.2, -0.15) is 0 Å². The van der Waals surface area contributed by atoms with Crippen LogP contribution in [0.2, 0.25) is 0 Å². The van der Waals surface area contributed by atoms with Crippen molar-refractivity contribution in [2.75, 3.05) is 6.61 Å². The SMILES string of the molecule is CC(C)[C@@H](CO)OC(=O)c1ccccc1. The summed E-state index contributed by atoms with van der Waals surface area (Å²) in [5.74, 6) is -0.272. The van der Waals surface area contributed by atoms with Gasteiger partial charge >= 0.3 is 5.97 Å². The summed E-state index contributed by atoms with van der Waals surface area (Å²) in [4.78, 5) is 11.6. The second-order valence-electron chi connectivity index (χ2n) is 3.74. The Hall–Kier alpha value is -1.35. The van der Waals surface area contributed by atoms with Crippen LogP contribution in [0.3, 0.4) is 0 Å². The van der Waals surface area contributed by atoms with Gasteiger partial charge in [-0.15, -0.1) is 0 Å². The Morgan fingerprint density at radius 2 is 1.93 bits per heavy atom. The van der Waals surface area contributed by atoms with E-state index in [1.165, 1.54) is 0 Å². The van der Waals surface area contributed by atoms with E-state index in [2.05, 4.69) is 0 Å². The lowest BCUT2D eigenvalue weighted by Gasteiger charge is -2.18. The fraction of sp³-hybridized carbons (Fsp3) is 0.417. The molecule has 0 unspecified atom stereocenters. The Morgan fingerprint density at radius 3 is 2.40 bits per heavy atom. The maximum atomic E-state index is 11.6. The molecule has 15 heavy (non-hydrogen) atoms. The minimum atomic E-state index is -0.433. The van der Waals surface area contributed by atoms with Crippen LogP contribution in [0, 0.1) is 5.92 Å². The average molecular weight is 208 g/mol. The molecule has 0 amide bonds. The van der Waals surface area contributed by atoms with E-state index in [9.17, 15) is 4.79 Å². The molecule has 0 radical (unpaired) electrons. The lowest BCUT2D eigenvalue weighted by molar-refractivity contribution is -0.00125. The quantitative estimate of drug-likeness (QED) is 0.768. The first-order chi connectivity index (χ1) is 7.15. The highest BCUT2D eigenvalue weighted by molar-refractivity contribution is 5.89. The summed E-state index contributed by atoms with van der Waals surface area (Å²) in [6.45, 7) is 3.66. The largest absolute Gasteiger partial charge is 0.456 e. The van der Waals surface area contributed by atoms with Gasteiger partial charge in [0.05, 0.1) is 12.2 Å². The zero-order chi connectivity index (χ0) is 11.3. The fourth-order valence-corrected chi connectivity index (χ4v) is 1.16. The first-order valence-corrected chi connectivity index (χ1v) is 5.02. The molecule has 0 fully saturated rings. The smallest absolute Gasteiger partial charge is 0.338 e. The van der Waals surface area contributed by atoms with Crippen molar-refractivity contribution in [3.63, 3.8) is 0 Å². The van der Waals surface area contributed by atoms with Gasteiger partial charge in [0.1, 0.15) is 6.10 Å². The molecule has 1 aromatic rings. The highest BCUT2D eigenvalue weighted by Crippen LogP contribution is 2.09. The van der Waals surface area contributed by atoms with E-state index in [0.717, 1.165) is 0 Å². The molecule has 0 saturated heterocycles. The molecule has 3 nitrogen and oxygen atoms in total. The molecule has 0 saturated carbocycles. The zero-order valence-electron chi connectivity index (χ0n) is 9.01. The standard InChI is InChI=1S/C12H16O3/c1-9(2)11(8-13)15-12(14)10-6-4-3-5-7-10/h3-7,9,11,13H,8H2,1-2H3/t11-/m1/s1. The molecule has 1 N–H and O–H groups in total. The van der Waals surface area contributed by atoms with Gasteiger partial charge in [0.2, 0.25) is 0 Å². The van der Waals surface area contributed by atoms with Gasteiger partial charge < -0.3 is 9.84 Å². The number of ether oxygens (including phenoxy) is 1. The number of carbonyl (C=O) groups excluding carboxylic acids is 1. The normalized spacial score (nSPS) is 12.5. The number of aliphatic hydroxyl groups excluding tert-OH is 1. The van der Waals surface area contributed by atoms with Gasteiger partial charge in [0, 0.05) is 0 Å². The van der Waals surface area contributed by atoms with Crippen molar-refractivity contribution < 1.29 is 14.6 Å². The molecule has 1 rings (SSSR count). The number of carbonyl (C=O) groups is 1. The van der Waals surface area contributed by atoms with Crippen LogP contribution in [0.25, 0.3) is 0 Å². The number of hydrogen-bond acceptors (Lipinski definition) is 3. The molecule has 0 bridgehead atoms.